The molecule has 2 spiro atoms. The third-order valence-corrected chi connectivity index (χ3v) is 30.8. The van der Waals surface area contributed by atoms with Crippen molar-refractivity contribution >= 4 is 91.9 Å². The Hall–Kier alpha value is -9.61. The molecule has 0 unspecified atom stereocenters. The molecule has 590 valence electrons. The number of carbonyl (C=O) groups is 6. The van der Waals surface area contributed by atoms with Crippen molar-refractivity contribution in [2.24, 2.45) is 22.7 Å². The molecule has 6 amide bonds. The van der Waals surface area contributed by atoms with Crippen molar-refractivity contribution in [2.75, 3.05) is 80.3 Å². The summed E-state index contributed by atoms with van der Waals surface area (Å²) in [5.41, 5.74) is 12.7. The van der Waals surface area contributed by atoms with E-state index in [1.165, 1.54) is 45.1 Å². The van der Waals surface area contributed by atoms with Crippen LogP contribution in [0.15, 0.2) is 97.6 Å². The molecule has 0 radical (unpaired) electrons. The van der Waals surface area contributed by atoms with Gasteiger partial charge in [0.25, 0.3) is 11.8 Å². The maximum absolute atomic E-state index is 15.1. The molecule has 11 aliphatic carbocycles. The van der Waals surface area contributed by atoms with Gasteiger partial charge in [-0.3, -0.25) is 33.7 Å². The number of benzene rings is 4. The lowest BCUT2D eigenvalue weighted by molar-refractivity contribution is -0.222. The number of amides is 6. The van der Waals surface area contributed by atoms with Crippen molar-refractivity contribution < 1.29 is 33.2 Å². The lowest BCUT2D eigenvalue weighted by Gasteiger charge is -2.65. The van der Waals surface area contributed by atoms with Crippen molar-refractivity contribution in [2.45, 2.75) is 227 Å². The van der Waals surface area contributed by atoms with Crippen molar-refractivity contribution in [3.8, 4) is 22.5 Å². The van der Waals surface area contributed by atoms with Gasteiger partial charge in [0.05, 0.1) is 56.7 Å². The minimum atomic E-state index is -1.12. The fraction of sp³-hybridized carbons (Fsp3) is 0.538. The minimum Gasteiger partial charge on any atom is -0.355 e. The molecule has 11 saturated carbocycles. The van der Waals surface area contributed by atoms with Crippen molar-refractivity contribution in [1.29, 1.82) is 0 Å². The van der Waals surface area contributed by atoms with Gasteiger partial charge in [-0.05, 0) is 257 Å². The number of anilines is 6. The number of fused-ring (bicyclic) bond motifs is 8. The first-order valence-electron chi connectivity index (χ1n) is 43.0. The predicted molar refractivity (Wildman–Crippen MR) is 435 cm³/mol. The lowest BCUT2D eigenvalue weighted by atomic mass is 9.42. The first-order chi connectivity index (χ1) is 55.3. The Morgan fingerprint density at radius 2 is 0.947 bits per heavy atom. The standard InChI is InChI=1S/C46H52N8O3.C45H51FN8O3/c1-26-3-6-30(17-35(26)42(55)47-2)49-41-40-38(48-25-53(40)31-8-9-31)20-37(50-41)29-5-10-36-39(16-29)54(34-18-33(19-34)52-24-27-4-7-32(52)15-27)44(57)46(36)11-13-51(14-12-46)43(56)45-21-28(22-45)23-45;1-27-6-8-29(19-33(27)40(55)47-2)49-39-38-36(48-26-53(38)30-9-10-30)22-35(50-39)28-7-11-34-37(18-28)54(32-20-31(21-32)51-14-4-3-5-15-51)42(57)45(34)12-16-52(17-13-45)41(56)43-23-44(46,24-43)25-43/h3,5-6,10,16-17,20,25,27-28,31-34H,4,7-9,11-15,18-19,21-24H2,1-2H3,(H,47,55)(H,49,50);6-8,11,18-19,22,26,30-32H,3-5,9-10,12-17,20-21,23-25H2,1-2H3,(H,47,55)(H,49,50)/t27-,28?,32+,33?,34?,45?;/m0./s1. The minimum absolute atomic E-state index is 0.0867. The second-order valence-corrected chi connectivity index (χ2v) is 37.6. The number of halogens is 1. The number of aryl methyl sites for hydroxylation is 2. The summed E-state index contributed by atoms with van der Waals surface area (Å²) in [4.78, 5) is 117. The fourth-order valence-electron chi connectivity index (χ4n) is 23.8. The first kappa shape index (κ1) is 71.0. The summed E-state index contributed by atoms with van der Waals surface area (Å²) >= 11 is 0. The Morgan fingerprint density at radius 3 is 1.37 bits per heavy atom. The van der Waals surface area contributed by atoms with E-state index in [1.54, 1.807) is 14.1 Å². The molecule has 2 atom stereocenters. The molecule has 114 heavy (non-hydrogen) atoms. The fourth-order valence-corrected chi connectivity index (χ4v) is 23.8. The third-order valence-electron chi connectivity index (χ3n) is 30.8. The average Bonchev–Trinajstić information content (AvgIpc) is 1.40. The number of hydrogen-bond donors (Lipinski definition) is 4. The zero-order valence-electron chi connectivity index (χ0n) is 66.0. The van der Waals surface area contributed by atoms with Crippen molar-refractivity contribution in [3.05, 3.63) is 131 Å². The lowest BCUT2D eigenvalue weighted by Crippen LogP contribution is -2.71. The monoisotopic (exact) mass is 1530 g/mol. The molecule has 8 aromatic rings. The van der Waals surface area contributed by atoms with E-state index in [0.29, 0.717) is 124 Å². The number of imidazole rings is 2. The molecular formula is C91H103FN16O6. The molecule has 4 aromatic heterocycles. The van der Waals surface area contributed by atoms with E-state index in [1.807, 2.05) is 67.8 Å². The summed E-state index contributed by atoms with van der Waals surface area (Å²) in [7, 11) is 3.29. The van der Waals surface area contributed by atoms with E-state index in [9.17, 15) is 23.6 Å². The number of rotatable bonds is 16. The van der Waals surface area contributed by atoms with E-state index in [2.05, 4.69) is 103 Å². The van der Waals surface area contributed by atoms with Gasteiger partial charge in [0, 0.05) is 134 Å². The summed E-state index contributed by atoms with van der Waals surface area (Å²) in [6.45, 7) is 9.70. The van der Waals surface area contributed by atoms with E-state index >= 15 is 9.59 Å². The topological polar surface area (TPSA) is 231 Å². The highest BCUT2D eigenvalue weighted by molar-refractivity contribution is 6.11. The third kappa shape index (κ3) is 11.1. The molecule has 4 N–H and O–H groups in total. The number of piperidine rings is 4. The number of nitrogens with one attached hydrogen (secondary N) is 4. The van der Waals surface area contributed by atoms with E-state index in [-0.39, 0.29) is 47.0 Å². The van der Waals surface area contributed by atoms with Crippen LogP contribution in [0.3, 0.4) is 0 Å². The summed E-state index contributed by atoms with van der Waals surface area (Å²) < 4.78 is 18.9. The van der Waals surface area contributed by atoms with E-state index in [4.69, 9.17) is 19.9 Å². The van der Waals surface area contributed by atoms with E-state index in [0.717, 1.165) is 191 Å². The summed E-state index contributed by atoms with van der Waals surface area (Å²) in [6, 6.07) is 31.6. The molecule has 6 bridgehead atoms. The van der Waals surface area contributed by atoms with Gasteiger partial charge in [-0.15, -0.1) is 0 Å². The second-order valence-electron chi connectivity index (χ2n) is 37.6. The number of nitrogens with zero attached hydrogens (tertiary/aromatic N) is 12. The van der Waals surface area contributed by atoms with Crippen LogP contribution in [0.1, 0.15) is 209 Å². The molecule has 17 aliphatic rings. The highest BCUT2D eigenvalue weighted by Gasteiger charge is 2.74. The van der Waals surface area contributed by atoms with Crippen molar-refractivity contribution in [1.82, 2.24) is 59.3 Å². The van der Waals surface area contributed by atoms with Crippen LogP contribution in [0.4, 0.5) is 38.8 Å². The van der Waals surface area contributed by atoms with Crippen LogP contribution in [0.25, 0.3) is 44.6 Å². The normalized spacial score (nSPS) is 29.7. The maximum Gasteiger partial charge on any atom is 0.251 e. The van der Waals surface area contributed by atoms with Gasteiger partial charge in [-0.2, -0.15) is 0 Å². The van der Waals surface area contributed by atoms with Gasteiger partial charge in [-0.1, -0.05) is 42.8 Å². The Kier molecular flexibility index (Phi) is 16.2. The smallest absolute Gasteiger partial charge is 0.251 e. The summed E-state index contributed by atoms with van der Waals surface area (Å²) in [6.07, 6.45) is 26.9. The van der Waals surface area contributed by atoms with Crippen LogP contribution in [0, 0.1) is 36.5 Å². The van der Waals surface area contributed by atoms with Gasteiger partial charge in [-0.25, -0.2) is 24.3 Å². The number of carbonyl (C=O) groups excluding carboxylic acids is 6. The van der Waals surface area contributed by atoms with Gasteiger partial charge < -0.3 is 54.9 Å². The molecule has 23 heteroatoms. The number of pyridine rings is 2. The highest BCUT2D eigenvalue weighted by Crippen LogP contribution is 2.71. The van der Waals surface area contributed by atoms with Crippen LogP contribution in [-0.2, 0) is 30.0 Å². The van der Waals surface area contributed by atoms with Crippen molar-refractivity contribution in [3.63, 3.8) is 0 Å². The molecule has 22 nitrogen and oxygen atoms in total. The van der Waals surface area contributed by atoms with E-state index < -0.39 is 21.9 Å². The van der Waals surface area contributed by atoms with Crippen LogP contribution in [0.5, 0.6) is 0 Å². The number of likely N-dealkylation sites (tertiary alicyclic amines) is 4. The summed E-state index contributed by atoms with van der Waals surface area (Å²) in [5.74, 6) is 3.55. The number of hydrogen-bond acceptors (Lipinski definition) is 14. The van der Waals surface area contributed by atoms with Crippen LogP contribution in [0.2, 0.25) is 0 Å². The van der Waals surface area contributed by atoms with Crippen LogP contribution in [-0.4, -0.2) is 180 Å². The molecular weight excluding hydrogens is 1430 g/mol. The highest BCUT2D eigenvalue weighted by atomic mass is 19.1. The number of alkyl halides is 1. The Labute approximate surface area is 664 Å². The largest absolute Gasteiger partial charge is 0.355 e. The molecule has 10 heterocycles. The Bertz CT molecular complexity index is 5360. The zero-order chi connectivity index (χ0) is 77.2. The maximum atomic E-state index is 15.1. The average molecular weight is 1540 g/mol. The van der Waals surface area contributed by atoms with Crippen LogP contribution >= 0.6 is 0 Å². The number of aromatic nitrogens is 6. The SMILES string of the molecule is CNC(=O)c1cc(Nc2nc(-c3ccc4c(c3)N(C3CC(N5CCCCC5)C3)C(=O)C43CCN(C(=O)C45CC(F)(C4)C5)CC3)cc3ncn(C4CC4)c23)ccc1C.CNC(=O)c1cc(Nc2nc(-c3ccc4c(c3)N(C3CC(N5C[C@H]6CC[C@@H]5C6)C3)C(=O)C43CCN(C(=O)C45CC(C4)C5)CC3)cc3ncn(C4CC4)c23)ccc1C. The Morgan fingerprint density at radius 1 is 0.482 bits per heavy atom. The van der Waals surface area contributed by atoms with Gasteiger partial charge in [0.2, 0.25) is 23.6 Å². The van der Waals surface area contributed by atoms with Gasteiger partial charge in [0.1, 0.15) is 16.7 Å². The van der Waals surface area contributed by atoms with Gasteiger partial charge in [0.15, 0.2) is 11.6 Å². The summed E-state index contributed by atoms with van der Waals surface area (Å²) in [5, 5.41) is 12.7. The Balaban J connectivity index is 0.000000139. The molecule has 6 aliphatic heterocycles. The first-order valence-corrected chi connectivity index (χ1v) is 43.0. The van der Waals surface area contributed by atoms with Gasteiger partial charge >= 0.3 is 0 Å². The molecule has 15 fully saturated rings. The molecule has 4 aromatic carbocycles. The zero-order valence-corrected chi connectivity index (χ0v) is 66.0. The van der Waals surface area contributed by atoms with Crippen LogP contribution < -0.4 is 31.1 Å². The quantitative estimate of drug-likeness (QED) is 0.0705. The molecule has 25 rings (SSSR count). The second kappa shape index (κ2) is 25.9. The predicted octanol–water partition coefficient (Wildman–Crippen LogP) is 13.8. The molecule has 4 saturated heterocycles.